The number of aliphatic imine (C=N–C) groups is 1. The van der Waals surface area contributed by atoms with Crippen molar-refractivity contribution >= 4 is 35.6 Å². The molecule has 0 aliphatic carbocycles. The third-order valence-electron chi connectivity index (χ3n) is 4.44. The van der Waals surface area contributed by atoms with Gasteiger partial charge in [0, 0.05) is 30.6 Å². The smallest absolute Gasteiger partial charge is 0.213 e. The summed E-state index contributed by atoms with van der Waals surface area (Å²) in [5.74, 6) is 2.57. The second kappa shape index (κ2) is 13.4. The molecular weight excluding hydrogens is 519 g/mol. The van der Waals surface area contributed by atoms with Crippen LogP contribution < -0.4 is 24.8 Å². The highest BCUT2D eigenvalue weighted by Gasteiger charge is 2.07. The Morgan fingerprint density at radius 1 is 0.938 bits per heavy atom. The number of aromatic nitrogens is 1. The Morgan fingerprint density at radius 2 is 1.72 bits per heavy atom. The molecule has 0 saturated heterocycles. The van der Waals surface area contributed by atoms with Gasteiger partial charge in [-0.15, -0.1) is 24.0 Å². The second-order valence-electron chi connectivity index (χ2n) is 6.67. The molecule has 0 saturated carbocycles. The fourth-order valence-corrected chi connectivity index (χ4v) is 2.89. The first-order valence-corrected chi connectivity index (χ1v) is 10.1. The number of rotatable bonds is 9. The van der Waals surface area contributed by atoms with Crippen LogP contribution in [0.25, 0.3) is 0 Å². The summed E-state index contributed by atoms with van der Waals surface area (Å²) in [6.07, 6.45) is 1.74. The summed E-state index contributed by atoms with van der Waals surface area (Å²) in [5, 5.41) is 6.54. The largest absolute Gasteiger partial charge is 0.493 e. The Balaban J connectivity index is 0.00000363. The lowest BCUT2D eigenvalue weighted by Crippen LogP contribution is -2.30. The summed E-state index contributed by atoms with van der Waals surface area (Å²) < 4.78 is 16.5. The van der Waals surface area contributed by atoms with Gasteiger partial charge < -0.3 is 24.8 Å². The van der Waals surface area contributed by atoms with Crippen LogP contribution in [0.5, 0.6) is 17.4 Å². The molecule has 0 aliphatic rings. The van der Waals surface area contributed by atoms with E-state index in [1.807, 2.05) is 67.6 Å². The molecule has 0 bridgehead atoms. The number of hydrogen-bond acceptors (Lipinski definition) is 5. The predicted molar refractivity (Wildman–Crippen MR) is 138 cm³/mol. The van der Waals surface area contributed by atoms with Crippen LogP contribution in [-0.2, 0) is 13.2 Å². The van der Waals surface area contributed by atoms with Crippen LogP contribution >= 0.6 is 24.0 Å². The van der Waals surface area contributed by atoms with Gasteiger partial charge in [0.15, 0.2) is 17.5 Å². The van der Waals surface area contributed by atoms with Gasteiger partial charge in [0.1, 0.15) is 6.61 Å². The predicted octanol–water partition coefficient (Wildman–Crippen LogP) is 4.87. The molecule has 1 aromatic heterocycles. The molecule has 0 unspecified atom stereocenters. The van der Waals surface area contributed by atoms with Crippen LogP contribution in [0, 0.1) is 0 Å². The van der Waals surface area contributed by atoms with Gasteiger partial charge in [-0.25, -0.2) is 9.98 Å². The van der Waals surface area contributed by atoms with Crippen LogP contribution in [0.1, 0.15) is 18.1 Å². The van der Waals surface area contributed by atoms with E-state index in [0.29, 0.717) is 36.5 Å². The average Bonchev–Trinajstić information content (AvgIpc) is 2.82. The highest BCUT2D eigenvalue weighted by atomic mass is 127. The number of nitrogens with one attached hydrogen (secondary N) is 2. The van der Waals surface area contributed by atoms with Crippen molar-refractivity contribution < 1.29 is 14.2 Å². The first-order chi connectivity index (χ1) is 15.2. The first kappa shape index (κ1) is 25.3. The summed E-state index contributed by atoms with van der Waals surface area (Å²) in [6, 6.07) is 19.5. The Bertz CT molecular complexity index is 1000. The number of anilines is 1. The van der Waals surface area contributed by atoms with E-state index in [4.69, 9.17) is 14.2 Å². The number of nitrogens with zero attached hydrogens (tertiary/aromatic N) is 2. The van der Waals surface area contributed by atoms with Gasteiger partial charge in [0.2, 0.25) is 5.88 Å². The summed E-state index contributed by atoms with van der Waals surface area (Å²) in [4.78, 5) is 8.97. The Labute approximate surface area is 206 Å². The van der Waals surface area contributed by atoms with E-state index in [-0.39, 0.29) is 24.0 Å². The summed E-state index contributed by atoms with van der Waals surface area (Å²) in [6.45, 7) is 3.71. The maximum atomic E-state index is 5.81. The number of halogens is 1. The van der Waals surface area contributed by atoms with E-state index in [1.165, 1.54) is 0 Å². The lowest BCUT2D eigenvalue weighted by atomic mass is 10.2. The van der Waals surface area contributed by atoms with E-state index in [1.54, 1.807) is 20.4 Å². The Kier molecular flexibility index (Phi) is 10.6. The van der Waals surface area contributed by atoms with Crippen LogP contribution in [0.15, 0.2) is 71.9 Å². The van der Waals surface area contributed by atoms with Crippen molar-refractivity contribution in [2.24, 2.45) is 4.99 Å². The van der Waals surface area contributed by atoms with Gasteiger partial charge in [-0.1, -0.05) is 30.3 Å². The number of methoxy groups -OCH3 is 2. The molecule has 7 nitrogen and oxygen atoms in total. The highest BCUT2D eigenvalue weighted by Crippen LogP contribution is 2.29. The fraction of sp³-hybridized carbons (Fsp3) is 0.250. The van der Waals surface area contributed by atoms with Crippen molar-refractivity contribution in [1.29, 1.82) is 0 Å². The topological polar surface area (TPSA) is 77.0 Å². The third kappa shape index (κ3) is 7.60. The number of hydrogen-bond donors (Lipinski definition) is 2. The van der Waals surface area contributed by atoms with E-state index in [0.717, 1.165) is 23.4 Å². The second-order valence-corrected chi connectivity index (χ2v) is 6.67. The first-order valence-electron chi connectivity index (χ1n) is 10.1. The molecule has 0 spiro atoms. The molecule has 3 rings (SSSR count). The van der Waals surface area contributed by atoms with Crippen LogP contribution in [-0.4, -0.2) is 31.7 Å². The molecular formula is C24H29IN4O3. The monoisotopic (exact) mass is 548 g/mol. The zero-order valence-corrected chi connectivity index (χ0v) is 20.8. The minimum absolute atomic E-state index is 0. The van der Waals surface area contributed by atoms with Gasteiger partial charge >= 0.3 is 0 Å². The minimum atomic E-state index is 0. The van der Waals surface area contributed by atoms with Gasteiger partial charge in [0.25, 0.3) is 0 Å². The molecule has 8 heteroatoms. The molecule has 32 heavy (non-hydrogen) atoms. The zero-order valence-electron chi connectivity index (χ0n) is 18.5. The molecule has 2 N–H and O–H groups in total. The van der Waals surface area contributed by atoms with Crippen LogP contribution in [0.3, 0.4) is 0 Å². The quantitative estimate of drug-likeness (QED) is 0.226. The van der Waals surface area contributed by atoms with Crippen molar-refractivity contribution in [2.45, 2.75) is 20.1 Å². The van der Waals surface area contributed by atoms with Gasteiger partial charge in [-0.05, 0) is 36.2 Å². The molecule has 0 fully saturated rings. The van der Waals surface area contributed by atoms with Crippen LogP contribution in [0.4, 0.5) is 5.69 Å². The molecule has 2 aromatic carbocycles. The molecule has 3 aromatic rings. The van der Waals surface area contributed by atoms with Gasteiger partial charge in [-0.3, -0.25) is 0 Å². The number of pyridine rings is 1. The maximum Gasteiger partial charge on any atom is 0.213 e. The number of ether oxygens (including phenoxy) is 3. The average molecular weight is 548 g/mol. The fourth-order valence-electron chi connectivity index (χ4n) is 2.89. The lowest BCUT2D eigenvalue weighted by Gasteiger charge is -2.14. The van der Waals surface area contributed by atoms with Crippen molar-refractivity contribution in [2.75, 3.05) is 26.1 Å². The molecule has 170 valence electrons. The van der Waals surface area contributed by atoms with E-state index in [2.05, 4.69) is 20.6 Å². The number of benzene rings is 2. The summed E-state index contributed by atoms with van der Waals surface area (Å²) in [7, 11) is 3.23. The summed E-state index contributed by atoms with van der Waals surface area (Å²) >= 11 is 0. The molecule has 0 atom stereocenters. The third-order valence-corrected chi connectivity index (χ3v) is 4.44. The SMILES string of the molecule is CCNC(=NCc1ccnc(OCc2ccccc2)c1)Nc1ccc(OC)c(OC)c1.I. The Morgan fingerprint density at radius 3 is 2.44 bits per heavy atom. The zero-order chi connectivity index (χ0) is 21.9. The van der Waals surface area contributed by atoms with Crippen molar-refractivity contribution in [3.05, 3.63) is 78.0 Å². The van der Waals surface area contributed by atoms with E-state index < -0.39 is 0 Å². The van der Waals surface area contributed by atoms with Crippen LogP contribution in [0.2, 0.25) is 0 Å². The van der Waals surface area contributed by atoms with Gasteiger partial charge in [-0.2, -0.15) is 0 Å². The van der Waals surface area contributed by atoms with Gasteiger partial charge in [0.05, 0.1) is 20.8 Å². The minimum Gasteiger partial charge on any atom is -0.493 e. The van der Waals surface area contributed by atoms with Crippen molar-refractivity contribution in [3.8, 4) is 17.4 Å². The standard InChI is InChI=1S/C24H28N4O3.HI/c1-4-25-24(28-20-10-11-21(29-2)22(15-20)30-3)27-16-19-12-13-26-23(14-19)31-17-18-8-6-5-7-9-18;/h5-15H,4,16-17H2,1-3H3,(H2,25,27,28);1H. The molecule has 0 amide bonds. The number of guanidine groups is 1. The molecule has 0 aliphatic heterocycles. The molecule has 0 radical (unpaired) electrons. The normalized spacial score (nSPS) is 10.7. The van der Waals surface area contributed by atoms with Crippen molar-refractivity contribution in [3.63, 3.8) is 0 Å². The highest BCUT2D eigenvalue weighted by molar-refractivity contribution is 14.0. The van der Waals surface area contributed by atoms with E-state index >= 15 is 0 Å². The maximum absolute atomic E-state index is 5.81. The lowest BCUT2D eigenvalue weighted by molar-refractivity contribution is 0.293. The molecule has 1 heterocycles. The Hall–Kier alpha value is -3.01. The van der Waals surface area contributed by atoms with Crippen molar-refractivity contribution in [1.82, 2.24) is 10.3 Å². The van der Waals surface area contributed by atoms with E-state index in [9.17, 15) is 0 Å². The summed E-state index contributed by atoms with van der Waals surface area (Å²) in [5.41, 5.74) is 2.95.